The lowest BCUT2D eigenvalue weighted by molar-refractivity contribution is -0.142. The molecule has 1 unspecified atom stereocenters. The topological polar surface area (TPSA) is 72.5 Å². The molecule has 88 valence electrons. The maximum Gasteiger partial charge on any atom is 0.322 e. The number of carbonyl (C=O) groups excluding carboxylic acids is 1. The molecule has 0 saturated carbocycles. The summed E-state index contributed by atoms with van der Waals surface area (Å²) in [6, 6.07) is 2.86. The molecule has 0 aliphatic carbocycles. The standard InChI is InChI=1S/C12H17NO3/c1-7-4-8(2)9(11(14)5-7)6-10(13)12(15)16-3/h4-5,10,14H,6,13H2,1-3H3. The minimum atomic E-state index is -0.739. The summed E-state index contributed by atoms with van der Waals surface area (Å²) in [6.45, 7) is 3.78. The summed E-state index contributed by atoms with van der Waals surface area (Å²) in [6.07, 6.45) is 0.282. The van der Waals surface area contributed by atoms with Gasteiger partial charge in [0.2, 0.25) is 0 Å². The summed E-state index contributed by atoms with van der Waals surface area (Å²) < 4.78 is 4.54. The average molecular weight is 223 g/mol. The molecule has 0 aromatic heterocycles. The van der Waals surface area contributed by atoms with Gasteiger partial charge in [-0.3, -0.25) is 4.79 Å². The Morgan fingerprint density at radius 3 is 2.62 bits per heavy atom. The van der Waals surface area contributed by atoms with E-state index in [0.29, 0.717) is 5.56 Å². The molecule has 0 aliphatic heterocycles. The zero-order chi connectivity index (χ0) is 12.3. The second-order valence-electron chi connectivity index (χ2n) is 3.91. The predicted molar refractivity (Wildman–Crippen MR) is 61.3 cm³/mol. The van der Waals surface area contributed by atoms with Crippen molar-refractivity contribution in [3.8, 4) is 5.75 Å². The molecule has 16 heavy (non-hydrogen) atoms. The van der Waals surface area contributed by atoms with E-state index < -0.39 is 12.0 Å². The van der Waals surface area contributed by atoms with Crippen LogP contribution in [0, 0.1) is 13.8 Å². The Balaban J connectivity index is 2.93. The molecule has 0 spiro atoms. The minimum absolute atomic E-state index is 0.178. The monoisotopic (exact) mass is 223 g/mol. The van der Waals surface area contributed by atoms with Crippen molar-refractivity contribution in [3.63, 3.8) is 0 Å². The summed E-state index contributed by atoms with van der Waals surface area (Å²) in [5.74, 6) is -0.295. The number of benzene rings is 1. The van der Waals surface area contributed by atoms with Crippen molar-refractivity contribution in [1.82, 2.24) is 0 Å². The van der Waals surface area contributed by atoms with Gasteiger partial charge in [-0.05, 0) is 36.6 Å². The van der Waals surface area contributed by atoms with Crippen molar-refractivity contribution in [1.29, 1.82) is 0 Å². The third-order valence-electron chi connectivity index (χ3n) is 2.52. The van der Waals surface area contributed by atoms with Gasteiger partial charge < -0.3 is 15.6 Å². The number of aromatic hydroxyl groups is 1. The summed E-state index contributed by atoms with van der Waals surface area (Å²) in [5.41, 5.74) is 8.25. The van der Waals surface area contributed by atoms with Crippen molar-refractivity contribution in [3.05, 3.63) is 28.8 Å². The van der Waals surface area contributed by atoms with E-state index in [2.05, 4.69) is 4.74 Å². The summed E-state index contributed by atoms with van der Waals surface area (Å²) in [7, 11) is 1.30. The first-order chi connectivity index (χ1) is 7.45. The Morgan fingerprint density at radius 2 is 2.12 bits per heavy atom. The van der Waals surface area contributed by atoms with Crippen LogP contribution in [0.3, 0.4) is 0 Å². The number of phenols is 1. The van der Waals surface area contributed by atoms with Crippen molar-refractivity contribution < 1.29 is 14.6 Å². The molecule has 0 bridgehead atoms. The molecule has 4 nitrogen and oxygen atoms in total. The fraction of sp³-hybridized carbons (Fsp3) is 0.417. The first-order valence-electron chi connectivity index (χ1n) is 5.08. The van der Waals surface area contributed by atoms with Gasteiger partial charge in [-0.1, -0.05) is 6.07 Å². The van der Waals surface area contributed by atoms with E-state index in [9.17, 15) is 9.90 Å². The first kappa shape index (κ1) is 12.5. The van der Waals surface area contributed by atoms with Crippen LogP contribution in [0.2, 0.25) is 0 Å². The van der Waals surface area contributed by atoms with Crippen LogP contribution >= 0.6 is 0 Å². The fourth-order valence-corrected chi connectivity index (χ4v) is 1.70. The number of phenolic OH excluding ortho intramolecular Hbond substituents is 1. The molecule has 0 aliphatic rings. The number of ether oxygens (including phenoxy) is 1. The van der Waals surface area contributed by atoms with Gasteiger partial charge in [0.05, 0.1) is 7.11 Å². The fourth-order valence-electron chi connectivity index (χ4n) is 1.70. The third kappa shape index (κ3) is 2.73. The first-order valence-corrected chi connectivity index (χ1v) is 5.08. The second-order valence-corrected chi connectivity index (χ2v) is 3.91. The van der Waals surface area contributed by atoms with Crippen LogP contribution in [0.1, 0.15) is 16.7 Å². The van der Waals surface area contributed by atoms with Gasteiger partial charge in [0, 0.05) is 6.42 Å². The molecule has 0 amide bonds. The Hall–Kier alpha value is -1.55. The van der Waals surface area contributed by atoms with Gasteiger partial charge in [-0.2, -0.15) is 0 Å². The van der Waals surface area contributed by atoms with Crippen LogP contribution in [0.25, 0.3) is 0 Å². The van der Waals surface area contributed by atoms with Crippen molar-refractivity contribution in [2.75, 3.05) is 7.11 Å². The van der Waals surface area contributed by atoms with E-state index in [0.717, 1.165) is 11.1 Å². The Labute approximate surface area is 95.0 Å². The van der Waals surface area contributed by atoms with Crippen LogP contribution in [0.4, 0.5) is 0 Å². The smallest absolute Gasteiger partial charge is 0.322 e. The van der Waals surface area contributed by atoms with Crippen LogP contribution in [-0.2, 0) is 16.0 Å². The molecule has 1 rings (SSSR count). The van der Waals surface area contributed by atoms with Crippen LogP contribution in [0.5, 0.6) is 5.75 Å². The molecule has 1 aromatic carbocycles. The van der Waals surface area contributed by atoms with Crippen LogP contribution in [-0.4, -0.2) is 24.2 Å². The summed E-state index contributed by atoms with van der Waals surface area (Å²) in [4.78, 5) is 11.2. The van der Waals surface area contributed by atoms with Gasteiger partial charge in [-0.25, -0.2) is 0 Å². The number of hydrogen-bond donors (Lipinski definition) is 2. The third-order valence-corrected chi connectivity index (χ3v) is 2.52. The average Bonchev–Trinajstić information content (AvgIpc) is 2.21. The zero-order valence-electron chi connectivity index (χ0n) is 9.78. The molecule has 3 N–H and O–H groups in total. The SMILES string of the molecule is COC(=O)C(N)Cc1c(C)cc(C)cc1O. The second kappa shape index (κ2) is 4.99. The summed E-state index contributed by atoms with van der Waals surface area (Å²) >= 11 is 0. The van der Waals surface area contributed by atoms with Gasteiger partial charge in [0.1, 0.15) is 11.8 Å². The number of aryl methyl sites for hydroxylation is 2. The zero-order valence-corrected chi connectivity index (χ0v) is 9.78. The molecule has 1 aromatic rings. The van der Waals surface area contributed by atoms with Gasteiger partial charge >= 0.3 is 5.97 Å². The number of carbonyl (C=O) groups is 1. The van der Waals surface area contributed by atoms with E-state index in [4.69, 9.17) is 5.73 Å². The lowest BCUT2D eigenvalue weighted by Crippen LogP contribution is -2.33. The molecule has 4 heteroatoms. The highest BCUT2D eigenvalue weighted by molar-refractivity contribution is 5.76. The molecule has 0 radical (unpaired) electrons. The highest BCUT2D eigenvalue weighted by Gasteiger charge is 2.17. The minimum Gasteiger partial charge on any atom is -0.508 e. The van der Waals surface area contributed by atoms with Gasteiger partial charge in [0.25, 0.3) is 0 Å². The molecule has 1 atom stereocenters. The van der Waals surface area contributed by atoms with E-state index in [1.165, 1.54) is 7.11 Å². The molecular formula is C12H17NO3. The van der Waals surface area contributed by atoms with E-state index in [-0.39, 0.29) is 12.2 Å². The van der Waals surface area contributed by atoms with Crippen molar-refractivity contribution in [2.24, 2.45) is 5.73 Å². The number of esters is 1. The maximum atomic E-state index is 11.2. The van der Waals surface area contributed by atoms with Crippen LogP contribution in [0.15, 0.2) is 12.1 Å². The number of methoxy groups -OCH3 is 1. The summed E-state index contributed by atoms with van der Waals surface area (Å²) in [5, 5.41) is 9.77. The Bertz CT molecular complexity index is 378. The molecule has 0 fully saturated rings. The highest BCUT2D eigenvalue weighted by atomic mass is 16.5. The molecule has 0 saturated heterocycles. The van der Waals surface area contributed by atoms with Crippen LogP contribution < -0.4 is 5.73 Å². The van der Waals surface area contributed by atoms with E-state index in [1.54, 1.807) is 6.07 Å². The highest BCUT2D eigenvalue weighted by Crippen LogP contribution is 2.24. The Kier molecular flexibility index (Phi) is 3.90. The lowest BCUT2D eigenvalue weighted by Gasteiger charge is -2.13. The van der Waals surface area contributed by atoms with Gasteiger partial charge in [-0.15, -0.1) is 0 Å². The largest absolute Gasteiger partial charge is 0.508 e. The normalized spacial score (nSPS) is 12.2. The number of rotatable bonds is 3. The Morgan fingerprint density at radius 1 is 1.50 bits per heavy atom. The van der Waals surface area contributed by atoms with Crippen molar-refractivity contribution >= 4 is 5.97 Å². The number of nitrogens with two attached hydrogens (primary N) is 1. The van der Waals surface area contributed by atoms with Gasteiger partial charge in [0.15, 0.2) is 0 Å². The predicted octanol–water partition coefficient (Wildman–Crippen LogP) is 1.05. The molecule has 0 heterocycles. The van der Waals surface area contributed by atoms with E-state index in [1.807, 2.05) is 19.9 Å². The maximum absolute atomic E-state index is 11.2. The lowest BCUT2D eigenvalue weighted by atomic mass is 9.98. The number of hydrogen-bond acceptors (Lipinski definition) is 4. The molecular weight excluding hydrogens is 206 g/mol. The van der Waals surface area contributed by atoms with Crippen molar-refractivity contribution in [2.45, 2.75) is 26.3 Å². The quantitative estimate of drug-likeness (QED) is 0.751. The van der Waals surface area contributed by atoms with E-state index >= 15 is 0 Å².